The molecule has 0 saturated carbocycles. The van der Waals surface area contributed by atoms with Crippen LogP contribution in [0.3, 0.4) is 0 Å². The fourth-order valence-corrected chi connectivity index (χ4v) is 3.43. The number of halogens is 1. The van der Waals surface area contributed by atoms with E-state index in [1.165, 1.54) is 0 Å². The minimum Gasteiger partial charge on any atom is -0.326 e. The number of hydrogen-bond donors (Lipinski definition) is 3. The van der Waals surface area contributed by atoms with Gasteiger partial charge in [0.1, 0.15) is 6.04 Å². The van der Waals surface area contributed by atoms with E-state index in [2.05, 4.69) is 21.0 Å². The molecule has 2 atom stereocenters. The molecule has 0 radical (unpaired) electrons. The number of benzene rings is 1. The molecule has 0 aliphatic carbocycles. The van der Waals surface area contributed by atoms with E-state index in [0.29, 0.717) is 22.9 Å². The lowest BCUT2D eigenvalue weighted by Crippen LogP contribution is -2.25. The van der Waals surface area contributed by atoms with E-state index in [1.54, 1.807) is 29.8 Å². The summed E-state index contributed by atoms with van der Waals surface area (Å²) >= 11 is 6.30. The standard InChI is InChI=1S/C19H24ClN5O2/c1-11-8-12(2)25(24-11)13(3)18(26)23-17-5-4-15(9-16(17)20)22-19(27)14-6-7-21-10-14/h4-5,8-9,13-14,21H,6-7,10H2,1-3H3,(H,22,27)(H,23,26). The van der Waals surface area contributed by atoms with Crippen LogP contribution in [0.25, 0.3) is 0 Å². The molecule has 3 rings (SSSR count). The smallest absolute Gasteiger partial charge is 0.248 e. The van der Waals surface area contributed by atoms with Crippen molar-refractivity contribution >= 4 is 34.8 Å². The first-order chi connectivity index (χ1) is 12.8. The zero-order valence-electron chi connectivity index (χ0n) is 15.7. The van der Waals surface area contributed by atoms with Crippen LogP contribution in [0, 0.1) is 19.8 Å². The molecule has 1 fully saturated rings. The Morgan fingerprint density at radius 2 is 2.07 bits per heavy atom. The molecule has 2 amide bonds. The topological polar surface area (TPSA) is 88.0 Å². The maximum absolute atomic E-state index is 12.6. The molecule has 0 bridgehead atoms. The Kier molecular flexibility index (Phi) is 5.82. The van der Waals surface area contributed by atoms with E-state index in [1.807, 2.05) is 19.9 Å². The number of amides is 2. The summed E-state index contributed by atoms with van der Waals surface area (Å²) in [4.78, 5) is 24.8. The molecule has 1 aliphatic rings. The number of nitrogens with zero attached hydrogens (tertiary/aromatic N) is 2. The van der Waals surface area contributed by atoms with Crippen molar-refractivity contribution in [2.24, 2.45) is 5.92 Å². The predicted molar refractivity (Wildman–Crippen MR) is 106 cm³/mol. The number of anilines is 2. The molecule has 1 saturated heterocycles. The Morgan fingerprint density at radius 3 is 2.67 bits per heavy atom. The summed E-state index contributed by atoms with van der Waals surface area (Å²) in [5, 5.41) is 13.6. The lowest BCUT2D eigenvalue weighted by Gasteiger charge is -2.16. The highest BCUT2D eigenvalue weighted by Gasteiger charge is 2.23. The van der Waals surface area contributed by atoms with Crippen molar-refractivity contribution in [1.82, 2.24) is 15.1 Å². The molecule has 2 heterocycles. The number of hydrogen-bond acceptors (Lipinski definition) is 4. The third-order valence-corrected chi connectivity index (χ3v) is 5.03. The largest absolute Gasteiger partial charge is 0.326 e. The Balaban J connectivity index is 1.65. The van der Waals surface area contributed by atoms with Crippen LogP contribution in [0.15, 0.2) is 24.3 Å². The number of carbonyl (C=O) groups is 2. The van der Waals surface area contributed by atoms with Crippen molar-refractivity contribution in [2.45, 2.75) is 33.2 Å². The van der Waals surface area contributed by atoms with Gasteiger partial charge < -0.3 is 16.0 Å². The van der Waals surface area contributed by atoms with Crippen molar-refractivity contribution in [2.75, 3.05) is 23.7 Å². The van der Waals surface area contributed by atoms with Gasteiger partial charge in [-0.1, -0.05) is 11.6 Å². The summed E-state index contributed by atoms with van der Waals surface area (Å²) in [6.07, 6.45) is 0.831. The van der Waals surface area contributed by atoms with Crippen molar-refractivity contribution in [3.05, 3.63) is 40.7 Å². The quantitative estimate of drug-likeness (QED) is 0.733. The van der Waals surface area contributed by atoms with Gasteiger partial charge in [-0.3, -0.25) is 14.3 Å². The molecule has 7 nitrogen and oxygen atoms in total. The molecule has 1 aromatic carbocycles. The van der Waals surface area contributed by atoms with Crippen LogP contribution in [0.2, 0.25) is 5.02 Å². The van der Waals surface area contributed by atoms with E-state index in [4.69, 9.17) is 11.6 Å². The second-order valence-corrected chi connectivity index (χ2v) is 7.32. The zero-order chi connectivity index (χ0) is 19.6. The van der Waals surface area contributed by atoms with Crippen molar-refractivity contribution in [1.29, 1.82) is 0 Å². The number of aromatic nitrogens is 2. The van der Waals surface area contributed by atoms with Gasteiger partial charge >= 0.3 is 0 Å². The van der Waals surface area contributed by atoms with E-state index in [-0.39, 0.29) is 17.7 Å². The van der Waals surface area contributed by atoms with Crippen molar-refractivity contribution < 1.29 is 9.59 Å². The summed E-state index contributed by atoms with van der Waals surface area (Å²) < 4.78 is 1.68. The minimum absolute atomic E-state index is 0.0222. The molecular weight excluding hydrogens is 366 g/mol. The van der Waals surface area contributed by atoms with Gasteiger partial charge in [-0.15, -0.1) is 0 Å². The molecule has 1 aliphatic heterocycles. The lowest BCUT2D eigenvalue weighted by atomic mass is 10.1. The Hall–Kier alpha value is -2.38. The maximum Gasteiger partial charge on any atom is 0.248 e. The predicted octanol–water partition coefficient (Wildman–Crippen LogP) is 2.90. The lowest BCUT2D eigenvalue weighted by molar-refractivity contribution is -0.120. The van der Waals surface area contributed by atoms with E-state index in [0.717, 1.165) is 24.4 Å². The maximum atomic E-state index is 12.6. The average molecular weight is 390 g/mol. The third kappa shape index (κ3) is 4.48. The van der Waals surface area contributed by atoms with Crippen LogP contribution in [-0.2, 0) is 9.59 Å². The molecular formula is C19H24ClN5O2. The van der Waals surface area contributed by atoms with Gasteiger partial charge in [-0.05, 0) is 58.0 Å². The van der Waals surface area contributed by atoms with Crippen LogP contribution >= 0.6 is 11.6 Å². The molecule has 3 N–H and O–H groups in total. The molecule has 144 valence electrons. The second-order valence-electron chi connectivity index (χ2n) is 6.91. The Labute approximate surface area is 163 Å². The summed E-state index contributed by atoms with van der Waals surface area (Å²) in [5.41, 5.74) is 2.89. The van der Waals surface area contributed by atoms with E-state index in [9.17, 15) is 9.59 Å². The second kappa shape index (κ2) is 8.10. The zero-order valence-corrected chi connectivity index (χ0v) is 16.4. The number of aryl methyl sites for hydroxylation is 2. The molecule has 0 spiro atoms. The fourth-order valence-electron chi connectivity index (χ4n) is 3.20. The highest BCUT2D eigenvalue weighted by Crippen LogP contribution is 2.27. The average Bonchev–Trinajstić information content (AvgIpc) is 3.26. The van der Waals surface area contributed by atoms with Gasteiger partial charge in [0.05, 0.1) is 22.3 Å². The van der Waals surface area contributed by atoms with Gasteiger partial charge in [0, 0.05) is 17.9 Å². The highest BCUT2D eigenvalue weighted by molar-refractivity contribution is 6.34. The highest BCUT2D eigenvalue weighted by atomic mass is 35.5. The van der Waals surface area contributed by atoms with Crippen LogP contribution in [-0.4, -0.2) is 34.7 Å². The van der Waals surface area contributed by atoms with Crippen molar-refractivity contribution in [3.63, 3.8) is 0 Å². The van der Waals surface area contributed by atoms with Crippen LogP contribution in [0.5, 0.6) is 0 Å². The van der Waals surface area contributed by atoms with Crippen LogP contribution in [0.1, 0.15) is 30.8 Å². The first-order valence-corrected chi connectivity index (χ1v) is 9.37. The van der Waals surface area contributed by atoms with Crippen molar-refractivity contribution in [3.8, 4) is 0 Å². The molecule has 8 heteroatoms. The third-order valence-electron chi connectivity index (χ3n) is 4.72. The van der Waals surface area contributed by atoms with Gasteiger partial charge in [0.15, 0.2) is 0 Å². The minimum atomic E-state index is -0.469. The number of carbonyl (C=O) groups excluding carboxylic acids is 2. The van der Waals surface area contributed by atoms with Crippen LogP contribution < -0.4 is 16.0 Å². The fraction of sp³-hybridized carbons (Fsp3) is 0.421. The molecule has 27 heavy (non-hydrogen) atoms. The molecule has 2 aromatic rings. The van der Waals surface area contributed by atoms with Gasteiger partial charge in [-0.25, -0.2) is 0 Å². The van der Waals surface area contributed by atoms with Gasteiger partial charge in [0.2, 0.25) is 11.8 Å². The first-order valence-electron chi connectivity index (χ1n) is 9.00. The summed E-state index contributed by atoms with van der Waals surface area (Å²) in [6.45, 7) is 7.13. The summed E-state index contributed by atoms with van der Waals surface area (Å²) in [5.74, 6) is -0.257. The number of nitrogens with one attached hydrogen (secondary N) is 3. The molecule has 1 aromatic heterocycles. The SMILES string of the molecule is Cc1cc(C)n(C(C)C(=O)Nc2ccc(NC(=O)C3CCNC3)cc2Cl)n1. The van der Waals surface area contributed by atoms with Crippen LogP contribution in [0.4, 0.5) is 11.4 Å². The van der Waals surface area contributed by atoms with Gasteiger partial charge in [0.25, 0.3) is 0 Å². The monoisotopic (exact) mass is 389 g/mol. The van der Waals surface area contributed by atoms with Gasteiger partial charge in [-0.2, -0.15) is 5.10 Å². The Morgan fingerprint density at radius 1 is 1.30 bits per heavy atom. The summed E-state index contributed by atoms with van der Waals surface area (Å²) in [6, 6.07) is 6.52. The normalized spacial score (nSPS) is 17.6. The first kappa shape index (κ1) is 19.4. The molecule has 2 unspecified atom stereocenters. The number of rotatable bonds is 5. The Bertz CT molecular complexity index is 858. The summed E-state index contributed by atoms with van der Waals surface area (Å²) in [7, 11) is 0. The van der Waals surface area contributed by atoms with E-state index < -0.39 is 6.04 Å². The van der Waals surface area contributed by atoms with E-state index >= 15 is 0 Å².